The Hall–Kier alpha value is -2.48. The van der Waals surface area contributed by atoms with Gasteiger partial charge in [0.2, 0.25) is 11.4 Å². The van der Waals surface area contributed by atoms with Crippen molar-refractivity contribution in [3.05, 3.63) is 88.0 Å². The van der Waals surface area contributed by atoms with E-state index >= 15 is 0 Å². The van der Waals surface area contributed by atoms with Gasteiger partial charge in [0, 0.05) is 22.8 Å². The van der Waals surface area contributed by atoms with Crippen LogP contribution in [0.25, 0.3) is 16.9 Å². The van der Waals surface area contributed by atoms with Crippen LogP contribution in [-0.4, -0.2) is 4.70 Å². The van der Waals surface area contributed by atoms with E-state index in [-0.39, 0.29) is 0 Å². The fourth-order valence-electron chi connectivity index (χ4n) is 4.74. The molecule has 0 radical (unpaired) electrons. The van der Waals surface area contributed by atoms with Gasteiger partial charge in [-0.2, -0.15) is 0 Å². The van der Waals surface area contributed by atoms with E-state index in [0.717, 1.165) is 35.4 Å². The molecule has 1 aliphatic heterocycles. The van der Waals surface area contributed by atoms with Crippen molar-refractivity contribution in [2.75, 3.05) is 0 Å². The Balaban J connectivity index is 1.74. The fraction of sp³-hybridized carbons (Fsp3) is 0.484. The van der Waals surface area contributed by atoms with Gasteiger partial charge in [0.25, 0.3) is 0 Å². The molecule has 33 heavy (non-hydrogen) atoms. The average Bonchev–Trinajstić information content (AvgIpc) is 3.15. The van der Waals surface area contributed by atoms with Crippen molar-refractivity contribution in [3.63, 3.8) is 0 Å². The van der Waals surface area contributed by atoms with Crippen molar-refractivity contribution >= 4 is 11.4 Å². The van der Waals surface area contributed by atoms with E-state index in [2.05, 4.69) is 75.4 Å². The topological polar surface area (TPSA) is 25.3 Å². The summed E-state index contributed by atoms with van der Waals surface area (Å²) < 4.78 is 1.43. The fourth-order valence-corrected chi connectivity index (χ4v) is 4.74. The first-order valence-corrected chi connectivity index (χ1v) is 13.2. The minimum Gasteiger partial charge on any atom is -0.493 e. The average molecular weight is 443 g/mol. The molecule has 0 saturated carbocycles. The van der Waals surface area contributed by atoms with E-state index in [0.29, 0.717) is 0 Å². The molecule has 0 atom stereocenters. The maximum absolute atomic E-state index is 11.3. The molecule has 1 aliphatic rings. The maximum atomic E-state index is 11.3. The molecular formula is C31H42N2. The molecule has 2 nitrogen and oxygen atoms in total. The molecule has 0 unspecified atom stereocenters. The lowest BCUT2D eigenvalue weighted by Gasteiger charge is -2.10. The first kappa shape index (κ1) is 25.1. The third kappa shape index (κ3) is 7.25. The molecule has 1 heterocycles. The monoisotopic (exact) mass is 442 g/mol. The highest BCUT2D eigenvalue weighted by molar-refractivity contribution is 5.78. The van der Waals surface area contributed by atoms with Crippen LogP contribution >= 0.6 is 0 Å². The SMILES string of the molecule is CCCCCCCCC1=C(c2cccc(C)c2)[N+](=[N-])C(c2ccc(CCCCCC)cc2)=C1. The zero-order chi connectivity index (χ0) is 23.5. The molecule has 0 bridgehead atoms. The minimum atomic E-state index is 0.894. The second-order valence-electron chi connectivity index (χ2n) is 9.61. The van der Waals surface area contributed by atoms with Gasteiger partial charge in [-0.25, -0.2) is 4.70 Å². The molecule has 2 aromatic rings. The normalized spacial score (nSPS) is 13.7. The standard InChI is InChI=1S/C31H42N2/c1-4-6-8-10-11-13-17-29-24-30(33(32)31(29)28-18-14-15-25(3)23-28)27-21-19-26(20-22-27)16-12-9-7-5-2/h14-15,18-24H,4-13,16-17H2,1-3H3. The first-order chi connectivity index (χ1) is 16.1. The number of unbranched alkanes of at least 4 members (excludes halogenated alkanes) is 8. The highest BCUT2D eigenvalue weighted by atomic mass is 15.2. The Bertz CT molecular complexity index is 963. The molecule has 0 saturated heterocycles. The van der Waals surface area contributed by atoms with E-state index < -0.39 is 0 Å². The second kappa shape index (κ2) is 13.3. The smallest absolute Gasteiger partial charge is 0.210 e. The van der Waals surface area contributed by atoms with Crippen molar-refractivity contribution in [1.82, 2.24) is 0 Å². The van der Waals surface area contributed by atoms with Gasteiger partial charge in [-0.3, -0.25) is 0 Å². The highest BCUT2D eigenvalue weighted by Gasteiger charge is 2.28. The molecule has 0 aliphatic carbocycles. The van der Waals surface area contributed by atoms with Crippen molar-refractivity contribution in [2.24, 2.45) is 0 Å². The van der Waals surface area contributed by atoms with Gasteiger partial charge in [-0.15, -0.1) is 0 Å². The number of hydrogen-bond acceptors (Lipinski definition) is 0. The van der Waals surface area contributed by atoms with Crippen LogP contribution in [0, 0.1) is 6.92 Å². The summed E-state index contributed by atoms with van der Waals surface area (Å²) >= 11 is 0. The lowest BCUT2D eigenvalue weighted by molar-refractivity contribution is -0.344. The van der Waals surface area contributed by atoms with E-state index in [1.165, 1.54) is 85.6 Å². The van der Waals surface area contributed by atoms with E-state index in [1.807, 2.05) is 0 Å². The molecule has 0 aromatic heterocycles. The summed E-state index contributed by atoms with van der Waals surface area (Å²) in [5.41, 5.74) is 19.1. The van der Waals surface area contributed by atoms with Crippen LogP contribution in [0.15, 0.2) is 60.2 Å². The Morgan fingerprint density at radius 3 is 2.03 bits per heavy atom. The number of allylic oxidation sites excluding steroid dienone is 2. The molecule has 176 valence electrons. The van der Waals surface area contributed by atoms with Gasteiger partial charge in [0.1, 0.15) is 0 Å². The van der Waals surface area contributed by atoms with Gasteiger partial charge < -0.3 is 5.53 Å². The predicted octanol–water partition coefficient (Wildman–Crippen LogP) is 9.67. The van der Waals surface area contributed by atoms with E-state index in [4.69, 9.17) is 0 Å². The van der Waals surface area contributed by atoms with Crippen LogP contribution in [0.5, 0.6) is 0 Å². The van der Waals surface area contributed by atoms with Crippen LogP contribution in [0.1, 0.15) is 107 Å². The van der Waals surface area contributed by atoms with E-state index in [9.17, 15) is 5.53 Å². The molecule has 0 N–H and O–H groups in total. The molecule has 3 rings (SSSR count). The van der Waals surface area contributed by atoms with Crippen LogP contribution in [0.2, 0.25) is 0 Å². The van der Waals surface area contributed by atoms with Crippen molar-refractivity contribution in [3.8, 4) is 0 Å². The van der Waals surface area contributed by atoms with Crippen LogP contribution < -0.4 is 0 Å². The summed E-state index contributed by atoms with van der Waals surface area (Å²) in [7, 11) is 0. The Morgan fingerprint density at radius 1 is 0.697 bits per heavy atom. The molecule has 2 aromatic carbocycles. The molecule has 2 heteroatoms. The largest absolute Gasteiger partial charge is 0.493 e. The van der Waals surface area contributed by atoms with Crippen molar-refractivity contribution in [1.29, 1.82) is 0 Å². The number of rotatable bonds is 14. The van der Waals surface area contributed by atoms with Gasteiger partial charge in [-0.1, -0.05) is 95.0 Å². The summed E-state index contributed by atoms with van der Waals surface area (Å²) in [5.74, 6) is 0. The van der Waals surface area contributed by atoms with Gasteiger partial charge in [0.15, 0.2) is 0 Å². The number of benzene rings is 2. The lowest BCUT2D eigenvalue weighted by Crippen LogP contribution is -2.02. The number of aryl methyl sites for hydroxylation is 2. The van der Waals surface area contributed by atoms with Crippen molar-refractivity contribution in [2.45, 2.75) is 97.8 Å². The lowest BCUT2D eigenvalue weighted by atomic mass is 10.00. The second-order valence-corrected chi connectivity index (χ2v) is 9.61. The Labute approximate surface area is 201 Å². The Morgan fingerprint density at radius 2 is 1.33 bits per heavy atom. The minimum absolute atomic E-state index is 0.894. The quantitative estimate of drug-likeness (QED) is 0.205. The maximum Gasteiger partial charge on any atom is 0.210 e. The summed E-state index contributed by atoms with van der Waals surface area (Å²) in [4.78, 5) is 0. The zero-order valence-corrected chi connectivity index (χ0v) is 21.1. The molecule has 0 spiro atoms. The third-order valence-corrected chi connectivity index (χ3v) is 6.71. The third-order valence-electron chi connectivity index (χ3n) is 6.71. The Kier molecular flexibility index (Phi) is 10.1. The van der Waals surface area contributed by atoms with Gasteiger partial charge in [-0.05, 0) is 62.4 Å². The number of nitrogens with zero attached hydrogens (tertiary/aromatic N) is 2. The van der Waals surface area contributed by atoms with Gasteiger partial charge in [0.05, 0.1) is 0 Å². The number of hydrogen-bond donors (Lipinski definition) is 0. The van der Waals surface area contributed by atoms with Crippen LogP contribution in [0.3, 0.4) is 0 Å². The van der Waals surface area contributed by atoms with E-state index in [1.54, 1.807) is 0 Å². The molecular weight excluding hydrogens is 400 g/mol. The van der Waals surface area contributed by atoms with Crippen molar-refractivity contribution < 1.29 is 4.70 Å². The predicted molar refractivity (Wildman–Crippen MR) is 142 cm³/mol. The molecule has 0 fully saturated rings. The summed E-state index contributed by atoms with van der Waals surface area (Å²) in [6.07, 6.45) is 17.2. The van der Waals surface area contributed by atoms with Crippen LogP contribution in [-0.2, 0) is 6.42 Å². The highest BCUT2D eigenvalue weighted by Crippen LogP contribution is 2.37. The first-order valence-electron chi connectivity index (χ1n) is 13.2. The summed E-state index contributed by atoms with van der Waals surface area (Å²) in [6.45, 7) is 6.63. The summed E-state index contributed by atoms with van der Waals surface area (Å²) in [6, 6.07) is 17.3. The zero-order valence-electron chi connectivity index (χ0n) is 21.1. The van der Waals surface area contributed by atoms with Gasteiger partial charge >= 0.3 is 0 Å². The molecule has 0 amide bonds. The van der Waals surface area contributed by atoms with Crippen LogP contribution in [0.4, 0.5) is 0 Å². The summed E-state index contributed by atoms with van der Waals surface area (Å²) in [5, 5.41) is 0.